The van der Waals surface area contributed by atoms with E-state index in [0.29, 0.717) is 19.4 Å². The molecule has 6 N–H and O–H groups in total. The number of nitrogens with one attached hydrogen (secondary N) is 5. The zero-order chi connectivity index (χ0) is 28.2. The van der Waals surface area contributed by atoms with Gasteiger partial charge in [0.05, 0.1) is 50.5 Å². The Kier molecular flexibility index (Phi) is 13.5. The van der Waals surface area contributed by atoms with Gasteiger partial charge in [-0.05, 0) is 54.4 Å². The van der Waals surface area contributed by atoms with E-state index in [-0.39, 0.29) is 44.7 Å². The highest BCUT2D eigenvalue weighted by Gasteiger charge is 2.34. The number of hydrogen-bond donors (Lipinski definition) is 6. The molecule has 0 aromatic heterocycles. The summed E-state index contributed by atoms with van der Waals surface area (Å²) in [6.45, 7) is 10.3. The number of aliphatic hydroxyl groups excluding tert-OH is 1. The van der Waals surface area contributed by atoms with Gasteiger partial charge in [-0.15, -0.1) is 0 Å². The van der Waals surface area contributed by atoms with Crippen LogP contribution in [0.25, 0.3) is 0 Å². The first-order valence-electron chi connectivity index (χ1n) is 12.7. The molecule has 0 saturated carbocycles. The summed E-state index contributed by atoms with van der Waals surface area (Å²) >= 11 is 0. The first-order chi connectivity index (χ1) is 17.2. The van der Waals surface area contributed by atoms with E-state index in [1.165, 1.54) is 4.90 Å². The lowest BCUT2D eigenvalue weighted by Crippen LogP contribution is -2.51. The summed E-state index contributed by atoms with van der Waals surface area (Å²) < 4.78 is 5.64. The van der Waals surface area contributed by atoms with Gasteiger partial charge in [-0.1, -0.05) is 0 Å². The number of likely N-dealkylation sites (tertiary alicyclic amines) is 1. The van der Waals surface area contributed by atoms with Crippen LogP contribution in [-0.4, -0.2) is 102 Å². The minimum atomic E-state index is -0.727. The van der Waals surface area contributed by atoms with Crippen molar-refractivity contribution < 1.29 is 33.8 Å². The van der Waals surface area contributed by atoms with E-state index in [9.17, 15) is 29.1 Å². The van der Waals surface area contributed by atoms with Gasteiger partial charge in [-0.25, -0.2) is 0 Å². The maximum Gasteiger partial charge on any atom is 0.243 e. The Balaban J connectivity index is 2.35. The third kappa shape index (κ3) is 12.8. The largest absolute Gasteiger partial charge is 0.391 e. The van der Waals surface area contributed by atoms with Gasteiger partial charge in [-0.2, -0.15) is 0 Å². The molecule has 0 aromatic rings. The Morgan fingerprint density at radius 2 is 1.62 bits per heavy atom. The van der Waals surface area contributed by atoms with Crippen molar-refractivity contribution in [1.29, 1.82) is 0 Å². The van der Waals surface area contributed by atoms with Crippen LogP contribution in [-0.2, 0) is 28.7 Å². The number of aliphatic hydroxyl groups is 1. The van der Waals surface area contributed by atoms with Gasteiger partial charge in [0, 0.05) is 12.6 Å². The van der Waals surface area contributed by atoms with Gasteiger partial charge >= 0.3 is 0 Å². The maximum absolute atomic E-state index is 12.6. The molecule has 1 aliphatic heterocycles. The van der Waals surface area contributed by atoms with Gasteiger partial charge in [-0.3, -0.25) is 29.3 Å². The Bertz CT molecular complexity index is 802. The molecule has 0 radical (unpaired) electrons. The average Bonchev–Trinajstić information content (AvgIpc) is 3.27. The lowest BCUT2D eigenvalue weighted by atomic mass is 10.0. The second kappa shape index (κ2) is 15.5. The highest BCUT2D eigenvalue weighted by molar-refractivity contribution is 5.92. The van der Waals surface area contributed by atoms with Gasteiger partial charge in [0.25, 0.3) is 0 Å². The summed E-state index contributed by atoms with van der Waals surface area (Å²) in [6.07, 6.45) is 0.535. The minimum absolute atomic E-state index is 0.0369. The van der Waals surface area contributed by atoms with Crippen molar-refractivity contribution in [2.24, 2.45) is 0 Å². The Labute approximate surface area is 218 Å². The van der Waals surface area contributed by atoms with Crippen molar-refractivity contribution >= 4 is 29.5 Å². The van der Waals surface area contributed by atoms with Crippen molar-refractivity contribution in [2.75, 3.05) is 32.9 Å². The van der Waals surface area contributed by atoms with Crippen LogP contribution in [0.5, 0.6) is 0 Å². The van der Waals surface area contributed by atoms with Crippen molar-refractivity contribution in [3.8, 4) is 0 Å². The number of nitrogens with zero attached hydrogens (tertiary/aromatic N) is 1. The molecule has 1 heterocycles. The summed E-state index contributed by atoms with van der Waals surface area (Å²) in [5, 5.41) is 22.7. The van der Waals surface area contributed by atoms with E-state index in [0.717, 1.165) is 0 Å². The Morgan fingerprint density at radius 1 is 0.946 bits per heavy atom. The molecule has 0 spiro atoms. The molecule has 0 bridgehead atoms. The van der Waals surface area contributed by atoms with Crippen LogP contribution >= 0.6 is 0 Å². The zero-order valence-corrected chi connectivity index (χ0v) is 22.8. The molecular formula is C24H44N6O7. The number of ether oxygens (including phenoxy) is 1. The van der Waals surface area contributed by atoms with Crippen LogP contribution in [0.1, 0.15) is 60.8 Å². The second-order valence-electron chi connectivity index (χ2n) is 10.2. The van der Waals surface area contributed by atoms with Crippen LogP contribution in [0.2, 0.25) is 0 Å². The van der Waals surface area contributed by atoms with Crippen LogP contribution in [0.3, 0.4) is 0 Å². The quantitative estimate of drug-likeness (QED) is 0.108. The third-order valence-electron chi connectivity index (χ3n) is 5.73. The Hall–Kier alpha value is -2.77. The fourth-order valence-electron chi connectivity index (χ4n) is 3.61. The molecule has 1 fully saturated rings. The van der Waals surface area contributed by atoms with Gasteiger partial charge in [0.2, 0.25) is 29.5 Å². The molecule has 3 atom stereocenters. The summed E-state index contributed by atoms with van der Waals surface area (Å²) in [7, 11) is 0. The third-order valence-corrected chi connectivity index (χ3v) is 5.73. The highest BCUT2D eigenvalue weighted by Crippen LogP contribution is 2.17. The van der Waals surface area contributed by atoms with Crippen LogP contribution in [0, 0.1) is 0 Å². The maximum atomic E-state index is 12.6. The molecule has 37 heavy (non-hydrogen) atoms. The molecule has 13 heteroatoms. The molecule has 0 aromatic carbocycles. The number of amides is 5. The summed E-state index contributed by atoms with van der Waals surface area (Å²) in [5.74, 6) is -1.83. The molecule has 1 saturated heterocycles. The summed E-state index contributed by atoms with van der Waals surface area (Å²) in [6, 6.07) is -1.13. The van der Waals surface area contributed by atoms with Crippen molar-refractivity contribution in [1.82, 2.24) is 31.5 Å². The molecule has 13 nitrogen and oxygen atoms in total. The van der Waals surface area contributed by atoms with Crippen LogP contribution < -0.4 is 26.6 Å². The fraction of sp³-hybridized carbons (Fsp3) is 0.792. The van der Waals surface area contributed by atoms with Crippen molar-refractivity contribution in [3.05, 3.63) is 0 Å². The van der Waals surface area contributed by atoms with E-state index in [1.807, 2.05) is 13.8 Å². The standard InChI is InChI=1S/C24H44N6O7/c1-15(2)28-19(32)10-24(5,6)37-14-25-11-20(33)26-13-22(35)30-9-7-8-18(30)23(36)27-12-21(34)29-16(3)17(4)31/h15-18,25,31H,7-14H2,1-6H3,(H,26,33)(H,27,36)(H,28,32)(H,29,34). The second-order valence-corrected chi connectivity index (χ2v) is 10.2. The van der Waals surface area contributed by atoms with E-state index < -0.39 is 47.4 Å². The molecular weight excluding hydrogens is 484 g/mol. The van der Waals surface area contributed by atoms with E-state index in [1.54, 1.807) is 27.7 Å². The predicted octanol–water partition coefficient (Wildman–Crippen LogP) is -1.65. The lowest BCUT2D eigenvalue weighted by Gasteiger charge is -2.25. The molecule has 212 valence electrons. The minimum Gasteiger partial charge on any atom is -0.391 e. The fourth-order valence-corrected chi connectivity index (χ4v) is 3.61. The van der Waals surface area contributed by atoms with Gasteiger partial charge in [0.15, 0.2) is 0 Å². The van der Waals surface area contributed by atoms with Gasteiger partial charge < -0.3 is 36.0 Å². The SMILES string of the molecule is CC(C)NC(=O)CC(C)(C)OCNCC(=O)NCC(=O)N1CCCC1C(=O)NCC(=O)NC(C)C(C)O. The predicted molar refractivity (Wildman–Crippen MR) is 136 cm³/mol. The van der Waals surface area contributed by atoms with Crippen LogP contribution in [0.15, 0.2) is 0 Å². The number of carbonyl (C=O) groups excluding carboxylic acids is 5. The molecule has 0 aliphatic carbocycles. The van der Waals surface area contributed by atoms with Crippen molar-refractivity contribution in [2.45, 2.75) is 90.6 Å². The Morgan fingerprint density at radius 3 is 2.24 bits per heavy atom. The molecule has 3 unspecified atom stereocenters. The van der Waals surface area contributed by atoms with Crippen molar-refractivity contribution in [3.63, 3.8) is 0 Å². The summed E-state index contributed by atoms with van der Waals surface area (Å²) in [5.41, 5.74) is -0.722. The number of rotatable bonds is 15. The van der Waals surface area contributed by atoms with Gasteiger partial charge in [0.1, 0.15) is 6.04 Å². The smallest absolute Gasteiger partial charge is 0.243 e. The topological polar surface area (TPSA) is 178 Å². The summed E-state index contributed by atoms with van der Waals surface area (Å²) in [4.78, 5) is 62.5. The lowest BCUT2D eigenvalue weighted by molar-refractivity contribution is -0.139. The highest BCUT2D eigenvalue weighted by atomic mass is 16.5. The van der Waals surface area contributed by atoms with E-state index in [2.05, 4.69) is 26.6 Å². The molecule has 1 aliphatic rings. The number of hydrogen-bond acceptors (Lipinski definition) is 8. The monoisotopic (exact) mass is 528 g/mol. The number of carbonyl (C=O) groups is 5. The average molecular weight is 529 g/mol. The zero-order valence-electron chi connectivity index (χ0n) is 22.8. The van der Waals surface area contributed by atoms with Crippen LogP contribution in [0.4, 0.5) is 0 Å². The van der Waals surface area contributed by atoms with E-state index >= 15 is 0 Å². The first-order valence-corrected chi connectivity index (χ1v) is 12.7. The molecule has 5 amide bonds. The van der Waals surface area contributed by atoms with E-state index in [4.69, 9.17) is 4.74 Å². The molecule has 1 rings (SSSR count). The first kappa shape index (κ1) is 32.3. The normalized spacial score (nSPS) is 17.2.